The van der Waals surface area contributed by atoms with Gasteiger partial charge in [-0.2, -0.15) is 29.2 Å². The molecule has 0 saturated carbocycles. The number of fused-ring (bicyclic) bond motifs is 2. The smallest absolute Gasteiger partial charge is 0.269 e. The first-order chi connectivity index (χ1) is 36.8. The van der Waals surface area contributed by atoms with Crippen molar-refractivity contribution in [1.29, 1.82) is 0 Å². The number of sulfonamides is 2. The lowest BCUT2D eigenvalue weighted by Gasteiger charge is -2.20. The quantitative estimate of drug-likeness (QED) is 0.0726. The average molecular weight is 1090 g/mol. The number of nitrogens with zero attached hydrogens (tertiary/aromatic N) is 14. The van der Waals surface area contributed by atoms with Crippen molar-refractivity contribution in [3.8, 4) is 22.5 Å². The first-order valence-corrected chi connectivity index (χ1v) is 27.8. The lowest BCUT2D eigenvalue weighted by molar-refractivity contribution is 0.595. The molecule has 23 nitrogen and oxygen atoms in total. The van der Waals surface area contributed by atoms with E-state index in [9.17, 15) is 21.0 Å². The molecule has 7 N–H and O–H groups in total. The highest BCUT2D eigenvalue weighted by Gasteiger charge is 2.20. The van der Waals surface area contributed by atoms with E-state index in [0.717, 1.165) is 33.6 Å². The highest BCUT2D eigenvalue weighted by atomic mass is 32.2. The standard InChI is InChI=1S/C25H25N9O2S.C17H14N7OS.C9H14N2O2S/c1-17(13-18-7-6-10-20(14-18)37(26,35)36)30-24-27-12-11-22(32-24)33(2)25-31-21(19-8-4-3-5-9-19)15-23-28-16-29-34(23)25;1-23(14-8-9-18-16(22-14)26(2)25)17-21-13(12-6-4-3-5-7-12)10-15-19-11-20-24(15)17;1-7(10)5-8-3-2-4-9(6-8)14(11,12)13/h3-12,14-17H,13H2,1-2H3,(H2,26,35,36)(H,27,30,32);3-11H,2H2,1H3;2-4,6-7H,5,10H2,1H3,(H2,11,12,13)/q;+1;/t17-;;7-/m0.0/s1. The molecule has 0 aliphatic carbocycles. The van der Waals surface area contributed by atoms with Crippen LogP contribution in [0.5, 0.6) is 0 Å². The molecule has 10 aromatic rings. The number of nitrogens with two attached hydrogens (primary N) is 3. The molecule has 6 aromatic heterocycles. The third-order valence-corrected chi connectivity index (χ3v) is 13.7. The second kappa shape index (κ2) is 23.9. The predicted molar refractivity (Wildman–Crippen MR) is 294 cm³/mol. The van der Waals surface area contributed by atoms with E-state index in [4.69, 9.17) is 26.0 Å². The molecule has 0 fully saturated rings. The predicted octanol–water partition coefficient (Wildman–Crippen LogP) is 5.51. The van der Waals surface area contributed by atoms with E-state index in [1.807, 2.05) is 111 Å². The van der Waals surface area contributed by atoms with Crippen molar-refractivity contribution in [3.05, 3.63) is 176 Å². The number of benzene rings is 4. The number of primary sulfonamides is 2. The maximum Gasteiger partial charge on any atom is 0.269 e. The van der Waals surface area contributed by atoms with Gasteiger partial charge in [0.1, 0.15) is 24.3 Å². The summed E-state index contributed by atoms with van der Waals surface area (Å²) in [6.07, 6.45) is 10.8. The van der Waals surface area contributed by atoms with Crippen LogP contribution in [0.1, 0.15) is 25.0 Å². The molecule has 0 spiro atoms. The lowest BCUT2D eigenvalue weighted by atomic mass is 10.1. The summed E-state index contributed by atoms with van der Waals surface area (Å²) in [4.78, 5) is 39.3. The van der Waals surface area contributed by atoms with Crippen molar-refractivity contribution >= 4 is 71.6 Å². The van der Waals surface area contributed by atoms with E-state index in [2.05, 4.69) is 51.7 Å². The Bertz CT molecular complexity index is 3910. The Morgan fingerprint density at radius 2 is 1.06 bits per heavy atom. The molecule has 26 heteroatoms. The van der Waals surface area contributed by atoms with Gasteiger partial charge in [0.05, 0.1) is 21.2 Å². The molecule has 6 heterocycles. The van der Waals surface area contributed by atoms with Crippen LogP contribution < -0.4 is 31.1 Å². The van der Waals surface area contributed by atoms with Crippen LogP contribution >= 0.6 is 0 Å². The minimum atomic E-state index is -3.76. The average Bonchev–Trinajstić information content (AvgIpc) is 4.12. The molecule has 4 aromatic carbocycles. The Morgan fingerprint density at radius 1 is 0.597 bits per heavy atom. The molecule has 0 saturated heterocycles. The Balaban J connectivity index is 0.000000169. The maximum atomic E-state index is 11.7. The summed E-state index contributed by atoms with van der Waals surface area (Å²) in [5, 5.41) is 22.3. The van der Waals surface area contributed by atoms with E-state index in [1.165, 1.54) is 31.0 Å². The van der Waals surface area contributed by atoms with Gasteiger partial charge in [-0.25, -0.2) is 61.2 Å². The number of rotatable bonds is 15. The van der Waals surface area contributed by atoms with Gasteiger partial charge < -0.3 is 11.1 Å². The molecule has 394 valence electrons. The highest BCUT2D eigenvalue weighted by molar-refractivity contribution is 7.89. The summed E-state index contributed by atoms with van der Waals surface area (Å²) in [5.74, 6) is 2.63. The minimum Gasteiger partial charge on any atom is -0.351 e. The number of aromatic nitrogens is 12. The monoisotopic (exact) mass is 1090 g/mol. The van der Waals surface area contributed by atoms with Crippen LogP contribution in [0.4, 0.5) is 29.5 Å². The fourth-order valence-electron chi connectivity index (χ4n) is 7.71. The van der Waals surface area contributed by atoms with E-state index >= 15 is 0 Å². The summed E-state index contributed by atoms with van der Waals surface area (Å²) in [6.45, 7) is 3.83. The topological polar surface area (TPSA) is 320 Å². The SMILES string of the molecule is C[C@@H](Cc1cccc(S(N)(=O)=O)c1)Nc1nccc(N(C)c2nc(-c3ccccc3)cc3ncnn23)n1.C[C@H](N)Cc1cccc(S(N)(=O)=O)c1.[CH2+]S(=O)c1nccc(N(C)c2nc(-c3ccccc3)cc3ncnn23)n1. The molecule has 0 radical (unpaired) electrons. The summed E-state index contributed by atoms with van der Waals surface area (Å²) in [5.41, 5.74) is 12.1. The first-order valence-electron chi connectivity index (χ1n) is 23.4. The molecule has 0 aliphatic rings. The van der Waals surface area contributed by atoms with Gasteiger partial charge in [-0.05, 0) is 74.2 Å². The Labute approximate surface area is 446 Å². The third-order valence-electron chi connectivity index (χ3n) is 11.3. The van der Waals surface area contributed by atoms with Crippen LogP contribution in [0.2, 0.25) is 0 Å². The second-order valence-electron chi connectivity index (χ2n) is 17.4. The second-order valence-corrected chi connectivity index (χ2v) is 21.6. The van der Waals surface area contributed by atoms with Crippen LogP contribution in [0.25, 0.3) is 33.8 Å². The van der Waals surface area contributed by atoms with Crippen molar-refractivity contribution in [2.24, 2.45) is 16.0 Å². The Hall–Kier alpha value is -8.66. The molecule has 1 unspecified atom stereocenters. The molecule has 0 aliphatic heterocycles. The lowest BCUT2D eigenvalue weighted by Crippen LogP contribution is -2.22. The minimum absolute atomic E-state index is 0.00530. The van der Waals surface area contributed by atoms with Gasteiger partial charge in [0.15, 0.2) is 17.6 Å². The Morgan fingerprint density at radius 3 is 1.53 bits per heavy atom. The van der Waals surface area contributed by atoms with Gasteiger partial charge >= 0.3 is 0 Å². The van der Waals surface area contributed by atoms with E-state index < -0.39 is 30.8 Å². The summed E-state index contributed by atoms with van der Waals surface area (Å²) >= 11 is 0. The van der Waals surface area contributed by atoms with Crippen molar-refractivity contribution in [1.82, 2.24) is 59.1 Å². The maximum absolute atomic E-state index is 11.7. The number of anilines is 5. The van der Waals surface area contributed by atoms with Gasteiger partial charge in [-0.15, -0.1) is 0 Å². The van der Waals surface area contributed by atoms with Crippen LogP contribution in [0.15, 0.2) is 173 Å². The zero-order valence-electron chi connectivity index (χ0n) is 42.0. The number of hydrogen-bond acceptors (Lipinski definition) is 19. The zero-order valence-corrected chi connectivity index (χ0v) is 44.5. The molecule has 77 heavy (non-hydrogen) atoms. The van der Waals surface area contributed by atoms with Gasteiger partial charge in [0.25, 0.3) is 16.0 Å². The van der Waals surface area contributed by atoms with Gasteiger partial charge in [-0.1, -0.05) is 84.9 Å². The van der Waals surface area contributed by atoms with Crippen LogP contribution in [0, 0.1) is 6.26 Å². The molecular formula is C51H53N18O5S3+. The van der Waals surface area contributed by atoms with Crippen LogP contribution in [-0.4, -0.2) is 106 Å². The van der Waals surface area contributed by atoms with Gasteiger partial charge in [0, 0.05) is 61.8 Å². The Kier molecular flexibility index (Phi) is 17.0. The molecule has 10 rings (SSSR count). The highest BCUT2D eigenvalue weighted by Crippen LogP contribution is 2.28. The van der Waals surface area contributed by atoms with E-state index in [-0.39, 0.29) is 27.0 Å². The van der Waals surface area contributed by atoms with Crippen molar-refractivity contribution in [2.75, 3.05) is 29.2 Å². The van der Waals surface area contributed by atoms with Gasteiger partial charge in [-0.3, -0.25) is 9.80 Å². The molecule has 3 atom stereocenters. The third kappa shape index (κ3) is 14.0. The van der Waals surface area contributed by atoms with Gasteiger partial charge in [0.2, 0.25) is 37.9 Å². The molecular weight excluding hydrogens is 1040 g/mol. The number of nitrogens with one attached hydrogen (secondary N) is 1. The van der Waals surface area contributed by atoms with Crippen LogP contribution in [-0.2, 0) is 43.7 Å². The fourth-order valence-corrected chi connectivity index (χ4v) is 9.25. The fraction of sp³-hybridized carbons (Fsp3) is 0.157. The van der Waals surface area contributed by atoms with Crippen molar-refractivity contribution in [3.63, 3.8) is 0 Å². The largest absolute Gasteiger partial charge is 0.351 e. The summed E-state index contributed by atoms with van der Waals surface area (Å²) in [7, 11) is -5.23. The van der Waals surface area contributed by atoms with Crippen LogP contribution in [0.3, 0.4) is 0 Å². The summed E-state index contributed by atoms with van der Waals surface area (Å²) < 4.78 is 60.2. The van der Waals surface area contributed by atoms with E-state index in [1.54, 1.807) is 63.6 Å². The number of hydrogen-bond donors (Lipinski definition) is 4. The summed E-state index contributed by atoms with van der Waals surface area (Å²) in [6, 6.07) is 40.0. The van der Waals surface area contributed by atoms with Crippen molar-refractivity contribution < 1.29 is 21.0 Å². The normalized spacial score (nSPS) is 12.6. The molecule has 0 bridgehead atoms. The first kappa shape index (κ1) is 54.6. The molecule has 0 amide bonds. The zero-order chi connectivity index (χ0) is 54.9. The van der Waals surface area contributed by atoms with Crippen molar-refractivity contribution in [2.45, 2.75) is 53.7 Å². The van der Waals surface area contributed by atoms with E-state index in [0.29, 0.717) is 53.6 Å².